The molecule has 0 aromatic rings. The minimum atomic E-state index is -1.03. The van der Waals surface area contributed by atoms with Crippen LogP contribution in [0.1, 0.15) is 0 Å². The lowest BCUT2D eigenvalue weighted by molar-refractivity contribution is 0.294. The number of methoxy groups -OCH3 is 1. The zero-order valence-electron chi connectivity index (χ0n) is 7.32. The molecule has 0 aliphatic rings. The molecule has 0 radical (unpaired) electrons. The van der Waals surface area contributed by atoms with Crippen LogP contribution in [0.2, 0.25) is 25.7 Å². The molecule has 0 rings (SSSR count). The smallest absolute Gasteiger partial charge is 0.134 e. The third-order valence-electron chi connectivity index (χ3n) is 1.13. The Bertz CT molecular complexity index is 149. The van der Waals surface area contributed by atoms with Crippen molar-refractivity contribution >= 4 is 8.07 Å². The maximum atomic E-state index is 5.05. The SMILES string of the molecule is C=C=C(C[Si](C)(C)C)OC. The van der Waals surface area contributed by atoms with Crippen LogP contribution in [0, 0.1) is 0 Å². The van der Waals surface area contributed by atoms with E-state index in [-0.39, 0.29) is 0 Å². The van der Waals surface area contributed by atoms with E-state index in [0.29, 0.717) is 0 Å². The standard InChI is InChI=1S/C8H16OSi/c1-6-8(9-2)7-10(3,4)5/h1,7H2,2-5H3. The van der Waals surface area contributed by atoms with E-state index in [2.05, 4.69) is 32.0 Å². The Morgan fingerprint density at radius 2 is 2.00 bits per heavy atom. The number of ether oxygens (including phenoxy) is 1. The average Bonchev–Trinajstić information content (AvgIpc) is 1.81. The summed E-state index contributed by atoms with van der Waals surface area (Å²) in [6.45, 7) is 10.4. The van der Waals surface area contributed by atoms with Gasteiger partial charge in [-0.2, -0.15) is 0 Å². The summed E-state index contributed by atoms with van der Waals surface area (Å²) in [6.07, 6.45) is 0. The van der Waals surface area contributed by atoms with Crippen molar-refractivity contribution in [2.24, 2.45) is 0 Å². The Kier molecular flexibility index (Phi) is 3.47. The Morgan fingerprint density at radius 1 is 1.50 bits per heavy atom. The highest BCUT2D eigenvalue weighted by Crippen LogP contribution is 2.14. The topological polar surface area (TPSA) is 9.23 Å². The van der Waals surface area contributed by atoms with Crippen molar-refractivity contribution in [1.82, 2.24) is 0 Å². The van der Waals surface area contributed by atoms with Crippen molar-refractivity contribution in [1.29, 1.82) is 0 Å². The molecular formula is C8H16OSi. The van der Waals surface area contributed by atoms with Gasteiger partial charge in [0, 0.05) is 6.04 Å². The summed E-state index contributed by atoms with van der Waals surface area (Å²) in [6, 6.07) is 1.03. The van der Waals surface area contributed by atoms with Gasteiger partial charge in [-0.3, -0.25) is 0 Å². The van der Waals surface area contributed by atoms with Crippen molar-refractivity contribution in [3.8, 4) is 0 Å². The molecule has 0 saturated carbocycles. The van der Waals surface area contributed by atoms with E-state index in [1.165, 1.54) is 0 Å². The predicted octanol–water partition coefficient (Wildman–Crippen LogP) is 2.64. The quantitative estimate of drug-likeness (QED) is 0.347. The maximum Gasteiger partial charge on any atom is 0.134 e. The molecule has 0 aromatic carbocycles. The largest absolute Gasteiger partial charge is 0.493 e. The van der Waals surface area contributed by atoms with E-state index in [1.807, 2.05) is 0 Å². The zero-order chi connectivity index (χ0) is 8.20. The Balaban J connectivity index is 4.01. The van der Waals surface area contributed by atoms with Gasteiger partial charge in [-0.25, -0.2) is 0 Å². The summed E-state index contributed by atoms with van der Waals surface area (Å²) in [4.78, 5) is 0. The van der Waals surface area contributed by atoms with Crippen LogP contribution in [0.3, 0.4) is 0 Å². The molecule has 0 spiro atoms. The summed E-state index contributed by atoms with van der Waals surface area (Å²) in [7, 11) is 0.647. The van der Waals surface area contributed by atoms with Gasteiger partial charge >= 0.3 is 0 Å². The highest BCUT2D eigenvalue weighted by Gasteiger charge is 2.15. The van der Waals surface area contributed by atoms with Crippen molar-refractivity contribution in [2.75, 3.05) is 7.11 Å². The fraction of sp³-hybridized carbons (Fsp3) is 0.625. The Morgan fingerprint density at radius 3 is 2.10 bits per heavy atom. The van der Waals surface area contributed by atoms with Crippen molar-refractivity contribution in [2.45, 2.75) is 25.7 Å². The summed E-state index contributed by atoms with van der Waals surface area (Å²) in [5.74, 6) is 0.902. The monoisotopic (exact) mass is 156 g/mol. The molecule has 0 fully saturated rings. The molecule has 0 atom stereocenters. The van der Waals surface area contributed by atoms with Gasteiger partial charge in [0.1, 0.15) is 5.76 Å². The van der Waals surface area contributed by atoms with Crippen LogP contribution in [0.5, 0.6) is 0 Å². The highest BCUT2D eigenvalue weighted by molar-refractivity contribution is 6.76. The van der Waals surface area contributed by atoms with Crippen LogP contribution in [0.15, 0.2) is 18.1 Å². The van der Waals surface area contributed by atoms with Gasteiger partial charge in [0.2, 0.25) is 0 Å². The lowest BCUT2D eigenvalue weighted by Gasteiger charge is -2.15. The van der Waals surface area contributed by atoms with E-state index >= 15 is 0 Å². The summed E-state index contributed by atoms with van der Waals surface area (Å²) in [5, 5.41) is 0. The van der Waals surface area contributed by atoms with Crippen LogP contribution in [0.4, 0.5) is 0 Å². The molecular weight excluding hydrogens is 140 g/mol. The second-order valence-corrected chi connectivity index (χ2v) is 9.02. The van der Waals surface area contributed by atoms with Crippen LogP contribution < -0.4 is 0 Å². The van der Waals surface area contributed by atoms with Crippen LogP contribution in [-0.4, -0.2) is 15.2 Å². The van der Waals surface area contributed by atoms with Crippen LogP contribution in [-0.2, 0) is 4.74 Å². The molecule has 0 amide bonds. The molecule has 0 aromatic heterocycles. The summed E-state index contributed by atoms with van der Waals surface area (Å²) >= 11 is 0. The third-order valence-corrected chi connectivity index (χ3v) is 2.52. The Hall–Kier alpha value is -0.463. The van der Waals surface area contributed by atoms with Gasteiger partial charge in [0.15, 0.2) is 0 Å². The normalized spacial score (nSPS) is 10.4. The molecule has 0 bridgehead atoms. The van der Waals surface area contributed by atoms with E-state index in [9.17, 15) is 0 Å². The lowest BCUT2D eigenvalue weighted by Crippen LogP contribution is -2.20. The van der Waals surface area contributed by atoms with Crippen molar-refractivity contribution in [3.05, 3.63) is 18.1 Å². The Labute approximate surface area is 64.4 Å². The summed E-state index contributed by atoms with van der Waals surface area (Å²) < 4.78 is 5.05. The van der Waals surface area contributed by atoms with Gasteiger partial charge in [-0.15, -0.1) is 0 Å². The molecule has 10 heavy (non-hydrogen) atoms. The fourth-order valence-corrected chi connectivity index (χ4v) is 1.92. The second-order valence-electron chi connectivity index (χ2n) is 3.54. The van der Waals surface area contributed by atoms with Crippen molar-refractivity contribution in [3.63, 3.8) is 0 Å². The number of hydrogen-bond donors (Lipinski definition) is 0. The highest BCUT2D eigenvalue weighted by atomic mass is 28.3. The molecule has 0 unspecified atom stereocenters. The number of hydrogen-bond acceptors (Lipinski definition) is 1. The van der Waals surface area contributed by atoms with Gasteiger partial charge < -0.3 is 4.74 Å². The van der Waals surface area contributed by atoms with E-state index < -0.39 is 8.07 Å². The van der Waals surface area contributed by atoms with E-state index in [1.54, 1.807) is 7.11 Å². The number of rotatable bonds is 3. The molecule has 0 aliphatic heterocycles. The molecule has 0 aliphatic carbocycles. The van der Waals surface area contributed by atoms with Crippen LogP contribution >= 0.6 is 0 Å². The minimum absolute atomic E-state index is 0.902. The second kappa shape index (κ2) is 3.64. The van der Waals surface area contributed by atoms with Crippen molar-refractivity contribution < 1.29 is 4.74 Å². The van der Waals surface area contributed by atoms with Gasteiger partial charge in [0.05, 0.1) is 15.2 Å². The van der Waals surface area contributed by atoms with Gasteiger partial charge in [-0.1, -0.05) is 32.0 Å². The number of allylic oxidation sites excluding steroid dienone is 1. The molecule has 2 heteroatoms. The average molecular weight is 156 g/mol. The first kappa shape index (κ1) is 9.54. The molecule has 58 valence electrons. The molecule has 0 N–H and O–H groups in total. The predicted molar refractivity (Wildman–Crippen MR) is 47.8 cm³/mol. The van der Waals surface area contributed by atoms with Crippen LogP contribution in [0.25, 0.3) is 0 Å². The van der Waals surface area contributed by atoms with Gasteiger partial charge in [-0.05, 0) is 0 Å². The minimum Gasteiger partial charge on any atom is -0.493 e. The van der Waals surface area contributed by atoms with Gasteiger partial charge in [0.25, 0.3) is 0 Å². The first-order valence-electron chi connectivity index (χ1n) is 3.42. The zero-order valence-corrected chi connectivity index (χ0v) is 8.32. The fourth-order valence-electron chi connectivity index (χ4n) is 0.689. The molecule has 0 heterocycles. The molecule has 0 saturated heterocycles. The first-order valence-corrected chi connectivity index (χ1v) is 7.13. The van der Waals surface area contributed by atoms with E-state index in [4.69, 9.17) is 4.74 Å². The first-order chi connectivity index (χ1) is 4.49. The maximum absolute atomic E-state index is 5.05. The lowest BCUT2D eigenvalue weighted by atomic mass is 10.6. The summed E-state index contributed by atoms with van der Waals surface area (Å²) in [5.41, 5.74) is 2.79. The van der Waals surface area contributed by atoms with E-state index in [0.717, 1.165) is 11.8 Å². The molecule has 1 nitrogen and oxygen atoms in total. The third kappa shape index (κ3) is 4.42.